The summed E-state index contributed by atoms with van der Waals surface area (Å²) in [5.41, 5.74) is -0.285. The molecule has 0 aliphatic rings. The first-order valence-corrected chi connectivity index (χ1v) is 7.41. The van der Waals surface area contributed by atoms with E-state index < -0.39 is 15.8 Å². The SMILES string of the molecule is CNc1ccc(S(=O)(=O)Nc2c(F)cccc2Cl)cn1. The van der Waals surface area contributed by atoms with E-state index in [1.54, 1.807) is 7.05 Å². The summed E-state index contributed by atoms with van der Waals surface area (Å²) >= 11 is 5.78. The van der Waals surface area contributed by atoms with Crippen LogP contribution in [0, 0.1) is 5.82 Å². The van der Waals surface area contributed by atoms with Gasteiger partial charge in [-0.25, -0.2) is 17.8 Å². The van der Waals surface area contributed by atoms with Crippen LogP contribution in [0.5, 0.6) is 0 Å². The minimum absolute atomic E-state index is 0.0200. The third kappa shape index (κ3) is 3.00. The van der Waals surface area contributed by atoms with E-state index in [2.05, 4.69) is 15.0 Å². The topological polar surface area (TPSA) is 71.1 Å². The lowest BCUT2D eigenvalue weighted by Gasteiger charge is -2.10. The first-order valence-electron chi connectivity index (χ1n) is 5.54. The lowest BCUT2D eigenvalue weighted by atomic mass is 10.3. The molecule has 0 atom stereocenters. The number of nitrogens with one attached hydrogen (secondary N) is 2. The van der Waals surface area contributed by atoms with Gasteiger partial charge >= 0.3 is 0 Å². The Morgan fingerprint density at radius 1 is 1.25 bits per heavy atom. The number of para-hydroxylation sites is 1. The maximum atomic E-state index is 13.6. The van der Waals surface area contributed by atoms with Crippen LogP contribution in [0.4, 0.5) is 15.9 Å². The van der Waals surface area contributed by atoms with Crippen molar-refractivity contribution < 1.29 is 12.8 Å². The standard InChI is InChI=1S/C12H11ClFN3O2S/c1-15-11-6-5-8(7-16-11)20(18,19)17-12-9(13)3-2-4-10(12)14/h2-7,17H,1H3,(H,15,16). The zero-order valence-corrected chi connectivity index (χ0v) is 12.0. The molecule has 5 nitrogen and oxygen atoms in total. The highest BCUT2D eigenvalue weighted by Gasteiger charge is 2.18. The maximum absolute atomic E-state index is 13.6. The van der Waals surface area contributed by atoms with Gasteiger partial charge in [0.05, 0.1) is 5.02 Å². The van der Waals surface area contributed by atoms with Gasteiger partial charge in [0.15, 0.2) is 0 Å². The Hall–Kier alpha value is -1.86. The Labute approximate surface area is 120 Å². The minimum atomic E-state index is -3.95. The van der Waals surface area contributed by atoms with E-state index in [1.165, 1.54) is 30.5 Å². The van der Waals surface area contributed by atoms with Crippen LogP contribution in [0.15, 0.2) is 41.4 Å². The number of hydrogen-bond acceptors (Lipinski definition) is 4. The number of nitrogens with zero attached hydrogens (tertiary/aromatic N) is 1. The molecule has 20 heavy (non-hydrogen) atoms. The van der Waals surface area contributed by atoms with Crippen LogP contribution >= 0.6 is 11.6 Å². The minimum Gasteiger partial charge on any atom is -0.373 e. The molecular weight excluding hydrogens is 305 g/mol. The van der Waals surface area contributed by atoms with Gasteiger partial charge in [-0.2, -0.15) is 0 Å². The van der Waals surface area contributed by atoms with Crippen molar-refractivity contribution in [2.24, 2.45) is 0 Å². The van der Waals surface area contributed by atoms with Crippen LogP contribution in [-0.2, 0) is 10.0 Å². The van der Waals surface area contributed by atoms with Crippen molar-refractivity contribution in [2.75, 3.05) is 17.1 Å². The predicted octanol–water partition coefficient (Wildman–Crippen LogP) is 2.72. The van der Waals surface area contributed by atoms with Crippen molar-refractivity contribution >= 4 is 33.1 Å². The van der Waals surface area contributed by atoms with Gasteiger partial charge in [0.2, 0.25) is 0 Å². The average molecular weight is 316 g/mol. The maximum Gasteiger partial charge on any atom is 0.263 e. The summed E-state index contributed by atoms with van der Waals surface area (Å²) in [5, 5.41) is 2.75. The molecule has 0 saturated heterocycles. The van der Waals surface area contributed by atoms with Crippen molar-refractivity contribution in [1.82, 2.24) is 4.98 Å². The molecule has 1 aromatic carbocycles. The summed E-state index contributed by atoms with van der Waals surface area (Å²) in [5.74, 6) is -0.228. The number of aromatic nitrogens is 1. The van der Waals surface area contributed by atoms with Crippen LogP contribution in [0.25, 0.3) is 0 Å². The van der Waals surface area contributed by atoms with Gasteiger partial charge in [-0.15, -0.1) is 0 Å². The molecule has 0 bridgehead atoms. The van der Waals surface area contributed by atoms with E-state index >= 15 is 0 Å². The third-order valence-electron chi connectivity index (χ3n) is 2.50. The van der Waals surface area contributed by atoms with Crippen LogP contribution in [0.2, 0.25) is 5.02 Å². The third-order valence-corrected chi connectivity index (χ3v) is 4.15. The van der Waals surface area contributed by atoms with Gasteiger partial charge in [-0.3, -0.25) is 4.72 Å². The van der Waals surface area contributed by atoms with Gasteiger partial charge in [-0.1, -0.05) is 17.7 Å². The second kappa shape index (κ2) is 5.64. The lowest BCUT2D eigenvalue weighted by Crippen LogP contribution is -2.14. The number of sulfonamides is 1. The zero-order chi connectivity index (χ0) is 14.8. The lowest BCUT2D eigenvalue weighted by molar-refractivity contribution is 0.598. The highest BCUT2D eigenvalue weighted by atomic mass is 35.5. The van der Waals surface area contributed by atoms with Crippen LogP contribution < -0.4 is 10.0 Å². The smallest absolute Gasteiger partial charge is 0.263 e. The van der Waals surface area contributed by atoms with Gasteiger partial charge in [0.1, 0.15) is 22.2 Å². The number of benzene rings is 1. The molecule has 0 amide bonds. The molecule has 0 aliphatic carbocycles. The first-order chi connectivity index (χ1) is 9.44. The highest BCUT2D eigenvalue weighted by molar-refractivity contribution is 7.92. The number of hydrogen-bond donors (Lipinski definition) is 2. The normalized spacial score (nSPS) is 11.2. The molecule has 0 saturated carbocycles. The zero-order valence-electron chi connectivity index (χ0n) is 10.4. The summed E-state index contributed by atoms with van der Waals surface area (Å²) < 4.78 is 39.9. The van der Waals surface area contributed by atoms with E-state index in [0.717, 1.165) is 6.07 Å². The van der Waals surface area contributed by atoms with Gasteiger partial charge < -0.3 is 5.32 Å². The highest BCUT2D eigenvalue weighted by Crippen LogP contribution is 2.27. The number of rotatable bonds is 4. The van der Waals surface area contributed by atoms with E-state index in [4.69, 9.17) is 11.6 Å². The molecule has 1 aromatic heterocycles. The molecule has 0 fully saturated rings. The van der Waals surface area contributed by atoms with E-state index in [9.17, 15) is 12.8 Å². The summed E-state index contributed by atoms with van der Waals surface area (Å²) in [4.78, 5) is 3.81. The summed E-state index contributed by atoms with van der Waals surface area (Å²) in [6.07, 6.45) is 1.17. The van der Waals surface area contributed by atoms with Crippen molar-refractivity contribution in [1.29, 1.82) is 0 Å². The number of anilines is 2. The molecule has 106 valence electrons. The second-order valence-electron chi connectivity index (χ2n) is 3.83. The molecule has 2 aromatic rings. The van der Waals surface area contributed by atoms with Crippen molar-refractivity contribution in [2.45, 2.75) is 4.90 Å². The summed E-state index contributed by atoms with van der Waals surface area (Å²) in [7, 11) is -2.29. The van der Waals surface area contributed by atoms with Gasteiger partial charge in [-0.05, 0) is 24.3 Å². The number of halogens is 2. The largest absolute Gasteiger partial charge is 0.373 e. The van der Waals surface area contributed by atoms with Crippen LogP contribution in [0.3, 0.4) is 0 Å². The van der Waals surface area contributed by atoms with Gasteiger partial charge in [0.25, 0.3) is 10.0 Å². The molecule has 2 N–H and O–H groups in total. The average Bonchev–Trinajstić information content (AvgIpc) is 2.43. The molecule has 0 radical (unpaired) electrons. The van der Waals surface area contributed by atoms with Crippen molar-refractivity contribution in [3.63, 3.8) is 0 Å². The molecule has 0 spiro atoms. The van der Waals surface area contributed by atoms with E-state index in [0.29, 0.717) is 5.82 Å². The summed E-state index contributed by atoms with van der Waals surface area (Å²) in [6.45, 7) is 0. The molecule has 0 aliphatic heterocycles. The Bertz CT molecular complexity index is 700. The Morgan fingerprint density at radius 3 is 2.55 bits per heavy atom. The monoisotopic (exact) mass is 315 g/mol. The fraction of sp³-hybridized carbons (Fsp3) is 0.0833. The van der Waals surface area contributed by atoms with E-state index in [1.807, 2.05) is 0 Å². The Balaban J connectivity index is 2.35. The van der Waals surface area contributed by atoms with Gasteiger partial charge in [0, 0.05) is 13.2 Å². The fourth-order valence-electron chi connectivity index (χ4n) is 1.48. The molecule has 8 heteroatoms. The second-order valence-corrected chi connectivity index (χ2v) is 5.92. The number of pyridine rings is 1. The molecule has 2 rings (SSSR count). The quantitative estimate of drug-likeness (QED) is 0.910. The molecule has 0 unspecified atom stereocenters. The molecule has 1 heterocycles. The predicted molar refractivity (Wildman–Crippen MR) is 76.0 cm³/mol. The fourth-order valence-corrected chi connectivity index (χ4v) is 2.77. The first kappa shape index (κ1) is 14.5. The van der Waals surface area contributed by atoms with Crippen LogP contribution in [0.1, 0.15) is 0 Å². The van der Waals surface area contributed by atoms with E-state index in [-0.39, 0.29) is 15.6 Å². The Kier molecular flexibility index (Phi) is 4.10. The summed E-state index contributed by atoms with van der Waals surface area (Å²) in [6, 6.07) is 6.75. The Morgan fingerprint density at radius 2 is 2.00 bits per heavy atom. The molecular formula is C12H11ClFN3O2S. The van der Waals surface area contributed by atoms with Crippen molar-refractivity contribution in [3.8, 4) is 0 Å². The van der Waals surface area contributed by atoms with Crippen molar-refractivity contribution in [3.05, 3.63) is 47.4 Å². The van der Waals surface area contributed by atoms with Crippen LogP contribution in [-0.4, -0.2) is 20.4 Å².